The summed E-state index contributed by atoms with van der Waals surface area (Å²) in [5.74, 6) is -1.28. The molecule has 0 unspecified atom stereocenters. The van der Waals surface area contributed by atoms with Gasteiger partial charge in [-0.25, -0.2) is 4.79 Å². The molecule has 0 spiro atoms. The van der Waals surface area contributed by atoms with E-state index in [0.717, 1.165) is 6.42 Å². The van der Waals surface area contributed by atoms with Gasteiger partial charge >= 0.3 is 5.97 Å². The fourth-order valence-corrected chi connectivity index (χ4v) is 2.19. The van der Waals surface area contributed by atoms with Crippen molar-refractivity contribution < 1.29 is 19.4 Å². The van der Waals surface area contributed by atoms with E-state index in [4.69, 9.17) is 9.84 Å². The summed E-state index contributed by atoms with van der Waals surface area (Å²) in [6.45, 7) is 0.596. The van der Waals surface area contributed by atoms with E-state index in [1.807, 2.05) is 0 Å². The first-order valence-corrected chi connectivity index (χ1v) is 6.32. The molecular formula is C12H12BrNO4. The Morgan fingerprint density at radius 2 is 2.22 bits per heavy atom. The van der Waals surface area contributed by atoms with Crippen LogP contribution in [0, 0.1) is 0 Å². The van der Waals surface area contributed by atoms with Crippen molar-refractivity contribution in [3.63, 3.8) is 0 Å². The zero-order valence-corrected chi connectivity index (χ0v) is 11.1. The Bertz CT molecular complexity index is 483. The van der Waals surface area contributed by atoms with E-state index in [-0.39, 0.29) is 11.5 Å². The second-order valence-electron chi connectivity index (χ2n) is 3.99. The fourth-order valence-electron chi connectivity index (χ4n) is 1.77. The van der Waals surface area contributed by atoms with Crippen LogP contribution < -0.4 is 5.32 Å². The molecule has 18 heavy (non-hydrogen) atoms. The number of carbonyl (C=O) groups is 2. The van der Waals surface area contributed by atoms with Gasteiger partial charge in [-0.05, 0) is 47.0 Å². The van der Waals surface area contributed by atoms with Gasteiger partial charge in [0, 0.05) is 16.8 Å². The highest BCUT2D eigenvalue weighted by molar-refractivity contribution is 9.10. The van der Waals surface area contributed by atoms with Crippen LogP contribution in [0.2, 0.25) is 0 Å². The summed E-state index contributed by atoms with van der Waals surface area (Å²) in [4.78, 5) is 22.7. The molecule has 1 fully saturated rings. The van der Waals surface area contributed by atoms with E-state index in [1.165, 1.54) is 6.07 Å². The predicted octanol–water partition coefficient (Wildman–Crippen LogP) is 2.26. The number of carboxylic acids is 1. The summed E-state index contributed by atoms with van der Waals surface area (Å²) < 4.78 is 5.73. The van der Waals surface area contributed by atoms with E-state index in [9.17, 15) is 9.59 Å². The van der Waals surface area contributed by atoms with E-state index in [0.29, 0.717) is 23.2 Å². The lowest BCUT2D eigenvalue weighted by atomic mass is 10.2. The van der Waals surface area contributed by atoms with Crippen molar-refractivity contribution >= 4 is 33.5 Å². The highest BCUT2D eigenvalue weighted by Crippen LogP contribution is 2.22. The average Bonchev–Trinajstić information content (AvgIpc) is 2.85. The largest absolute Gasteiger partial charge is 0.478 e. The number of amides is 1. The molecule has 1 aromatic carbocycles. The highest BCUT2D eigenvalue weighted by Gasteiger charge is 2.23. The number of carboxylic acid groups (broad SMARTS) is 1. The molecule has 0 aromatic heterocycles. The van der Waals surface area contributed by atoms with Crippen molar-refractivity contribution in [2.24, 2.45) is 0 Å². The van der Waals surface area contributed by atoms with Gasteiger partial charge in [0.1, 0.15) is 6.10 Å². The number of benzene rings is 1. The number of nitrogens with one attached hydrogen (secondary N) is 1. The Kier molecular flexibility index (Phi) is 3.98. The first kappa shape index (κ1) is 13.0. The van der Waals surface area contributed by atoms with Gasteiger partial charge in [-0.2, -0.15) is 0 Å². The SMILES string of the molecule is O=C(O)c1cc(NC(=O)[C@@H]2CCCO2)ccc1Br. The van der Waals surface area contributed by atoms with Crippen LogP contribution in [0.3, 0.4) is 0 Å². The number of ether oxygens (including phenoxy) is 1. The minimum Gasteiger partial charge on any atom is -0.478 e. The molecule has 6 heteroatoms. The normalized spacial score (nSPS) is 18.6. The topological polar surface area (TPSA) is 75.6 Å². The smallest absolute Gasteiger partial charge is 0.336 e. The van der Waals surface area contributed by atoms with Crippen LogP contribution >= 0.6 is 15.9 Å². The third-order valence-corrected chi connectivity index (χ3v) is 3.38. The molecule has 2 N–H and O–H groups in total. The number of hydrogen-bond donors (Lipinski definition) is 2. The predicted molar refractivity (Wildman–Crippen MR) is 68.7 cm³/mol. The fraction of sp³-hybridized carbons (Fsp3) is 0.333. The second kappa shape index (κ2) is 5.49. The van der Waals surface area contributed by atoms with Crippen molar-refractivity contribution in [1.29, 1.82) is 0 Å². The van der Waals surface area contributed by atoms with Crippen LogP contribution in [0.15, 0.2) is 22.7 Å². The maximum atomic E-state index is 11.8. The van der Waals surface area contributed by atoms with Crippen molar-refractivity contribution in [2.45, 2.75) is 18.9 Å². The van der Waals surface area contributed by atoms with Gasteiger partial charge in [0.15, 0.2) is 0 Å². The summed E-state index contributed by atoms with van der Waals surface area (Å²) >= 11 is 3.15. The number of hydrogen-bond acceptors (Lipinski definition) is 3. The minimum absolute atomic E-state index is 0.111. The van der Waals surface area contributed by atoms with E-state index >= 15 is 0 Å². The lowest BCUT2D eigenvalue weighted by molar-refractivity contribution is -0.124. The Hall–Kier alpha value is -1.40. The molecule has 0 radical (unpaired) electrons. The average molecular weight is 314 g/mol. The molecule has 1 aromatic rings. The number of carbonyl (C=O) groups excluding carboxylic acids is 1. The lowest BCUT2D eigenvalue weighted by Crippen LogP contribution is -2.26. The summed E-state index contributed by atoms with van der Waals surface area (Å²) in [7, 11) is 0. The maximum absolute atomic E-state index is 11.8. The molecule has 1 aliphatic rings. The van der Waals surface area contributed by atoms with E-state index < -0.39 is 12.1 Å². The van der Waals surface area contributed by atoms with Crippen LogP contribution in [-0.4, -0.2) is 29.7 Å². The van der Waals surface area contributed by atoms with Gasteiger partial charge in [0.2, 0.25) is 0 Å². The van der Waals surface area contributed by atoms with Gasteiger partial charge in [-0.15, -0.1) is 0 Å². The van der Waals surface area contributed by atoms with Crippen molar-refractivity contribution in [3.8, 4) is 0 Å². The molecule has 0 bridgehead atoms. The molecule has 1 saturated heterocycles. The molecule has 1 amide bonds. The Balaban J connectivity index is 2.11. The van der Waals surface area contributed by atoms with Gasteiger partial charge in [-0.3, -0.25) is 4.79 Å². The number of aromatic carboxylic acids is 1. The maximum Gasteiger partial charge on any atom is 0.336 e. The van der Waals surface area contributed by atoms with E-state index in [1.54, 1.807) is 12.1 Å². The van der Waals surface area contributed by atoms with Crippen LogP contribution in [0.4, 0.5) is 5.69 Å². The Morgan fingerprint density at radius 1 is 1.44 bits per heavy atom. The molecule has 5 nitrogen and oxygen atoms in total. The molecule has 0 saturated carbocycles. The Morgan fingerprint density at radius 3 is 2.83 bits per heavy atom. The van der Waals surface area contributed by atoms with Gasteiger partial charge in [-0.1, -0.05) is 0 Å². The third-order valence-electron chi connectivity index (χ3n) is 2.69. The van der Waals surface area contributed by atoms with Gasteiger partial charge in [0.25, 0.3) is 5.91 Å². The zero-order valence-electron chi connectivity index (χ0n) is 9.48. The second-order valence-corrected chi connectivity index (χ2v) is 4.85. The first-order chi connectivity index (χ1) is 8.58. The molecule has 1 heterocycles. The minimum atomic E-state index is -1.05. The quantitative estimate of drug-likeness (QED) is 0.897. The lowest BCUT2D eigenvalue weighted by Gasteiger charge is -2.11. The molecule has 1 aliphatic heterocycles. The summed E-state index contributed by atoms with van der Waals surface area (Å²) in [6, 6.07) is 4.65. The summed E-state index contributed by atoms with van der Waals surface area (Å²) in [6.07, 6.45) is 1.15. The Labute approximate surface area is 112 Å². The van der Waals surface area contributed by atoms with E-state index in [2.05, 4.69) is 21.2 Å². The molecule has 2 rings (SSSR count). The molecule has 1 atom stereocenters. The number of halogens is 1. The summed E-state index contributed by atoms with van der Waals surface area (Å²) in [5.41, 5.74) is 0.566. The molecule has 96 valence electrons. The van der Waals surface area contributed by atoms with Crippen LogP contribution in [0.1, 0.15) is 23.2 Å². The van der Waals surface area contributed by atoms with Gasteiger partial charge < -0.3 is 15.2 Å². The molecular weight excluding hydrogens is 302 g/mol. The third kappa shape index (κ3) is 2.88. The van der Waals surface area contributed by atoms with Crippen molar-refractivity contribution in [3.05, 3.63) is 28.2 Å². The monoisotopic (exact) mass is 313 g/mol. The van der Waals surface area contributed by atoms with Crippen molar-refractivity contribution in [2.75, 3.05) is 11.9 Å². The van der Waals surface area contributed by atoms with Crippen molar-refractivity contribution in [1.82, 2.24) is 0 Å². The van der Waals surface area contributed by atoms with Gasteiger partial charge in [0.05, 0.1) is 5.56 Å². The van der Waals surface area contributed by atoms with Crippen LogP contribution in [-0.2, 0) is 9.53 Å². The standard InChI is InChI=1S/C12H12BrNO4/c13-9-4-3-7(6-8(9)12(16)17)14-11(15)10-2-1-5-18-10/h3-4,6,10H,1-2,5H2,(H,14,15)(H,16,17)/t10-/m0/s1. The highest BCUT2D eigenvalue weighted by atomic mass is 79.9. The van der Waals surface area contributed by atoms with Crippen LogP contribution in [0.5, 0.6) is 0 Å². The number of rotatable bonds is 3. The molecule has 0 aliphatic carbocycles. The first-order valence-electron chi connectivity index (χ1n) is 5.53. The zero-order chi connectivity index (χ0) is 13.1. The van der Waals surface area contributed by atoms with Crippen LogP contribution in [0.25, 0.3) is 0 Å². The summed E-state index contributed by atoms with van der Waals surface area (Å²) in [5, 5.41) is 11.6. The number of anilines is 1.